The van der Waals surface area contributed by atoms with Crippen LogP contribution in [0.15, 0.2) is 42.6 Å². The van der Waals surface area contributed by atoms with Gasteiger partial charge in [0.1, 0.15) is 5.82 Å². The topological polar surface area (TPSA) is 101 Å². The number of amides is 1. The Morgan fingerprint density at radius 2 is 1.79 bits per heavy atom. The second kappa shape index (κ2) is 7.41. The highest BCUT2D eigenvalue weighted by Crippen LogP contribution is 2.18. The van der Waals surface area contributed by atoms with Gasteiger partial charge in [0.05, 0.1) is 17.4 Å². The summed E-state index contributed by atoms with van der Waals surface area (Å²) in [5, 5.41) is 3.53. The van der Waals surface area contributed by atoms with Crippen molar-refractivity contribution in [2.24, 2.45) is 0 Å². The van der Waals surface area contributed by atoms with Gasteiger partial charge in [-0.25, -0.2) is 4.98 Å². The molecule has 2 aromatic heterocycles. The fourth-order valence-corrected chi connectivity index (χ4v) is 2.11. The van der Waals surface area contributed by atoms with E-state index in [-0.39, 0.29) is 11.7 Å². The van der Waals surface area contributed by atoms with Crippen LogP contribution in [0.3, 0.4) is 0 Å². The van der Waals surface area contributed by atoms with E-state index in [1.165, 1.54) is 6.92 Å². The molecule has 4 N–H and O–H groups in total. The molecule has 0 radical (unpaired) electrons. The van der Waals surface area contributed by atoms with Crippen LogP contribution in [0, 0.1) is 0 Å². The molecule has 1 amide bonds. The average Bonchev–Trinajstić information content (AvgIpc) is 3.01. The van der Waals surface area contributed by atoms with Crippen molar-refractivity contribution in [2.75, 3.05) is 11.1 Å². The van der Waals surface area contributed by atoms with Crippen molar-refractivity contribution in [2.45, 2.75) is 20.8 Å². The highest BCUT2D eigenvalue weighted by Gasteiger charge is 2.09. The smallest absolute Gasteiger partial charge is 0.256 e. The lowest BCUT2D eigenvalue weighted by Gasteiger charge is -2.04. The van der Waals surface area contributed by atoms with Crippen molar-refractivity contribution in [1.29, 1.82) is 0 Å². The van der Waals surface area contributed by atoms with E-state index in [2.05, 4.69) is 15.3 Å². The Labute approximate surface area is 140 Å². The van der Waals surface area contributed by atoms with E-state index in [4.69, 9.17) is 5.73 Å². The molecule has 3 aromatic rings. The van der Waals surface area contributed by atoms with Gasteiger partial charge in [0.2, 0.25) is 0 Å². The molecule has 124 valence electrons. The number of nitrogen functional groups attached to an aromatic ring is 1. The number of aromatic nitrogens is 2. The van der Waals surface area contributed by atoms with E-state index in [0.717, 1.165) is 10.9 Å². The van der Waals surface area contributed by atoms with E-state index in [1.807, 2.05) is 13.8 Å². The number of nitrogens with one attached hydrogen (secondary N) is 2. The number of pyridine rings is 1. The standard InChI is InChI=1S/C16H14N4O2.C2H6/c1-9(21)13-6-11-7-15(18-8-14(11)19-13)20-16(22)10-2-4-12(17)5-3-10;1-2/h2-8,19H,17H2,1H3,(H,18,20,22);1-2H3. The number of carbonyl (C=O) groups is 2. The molecule has 0 aliphatic rings. The summed E-state index contributed by atoms with van der Waals surface area (Å²) in [6.07, 6.45) is 1.58. The number of hydrogen-bond acceptors (Lipinski definition) is 4. The van der Waals surface area contributed by atoms with Crippen LogP contribution in [-0.2, 0) is 0 Å². The first kappa shape index (κ1) is 17.2. The number of H-pyrrole nitrogens is 1. The SMILES string of the molecule is CC.CC(=O)c1cc2cc(NC(=O)c3ccc(N)cc3)ncc2[nH]1. The lowest BCUT2D eigenvalue weighted by molar-refractivity contribution is 0.101. The second-order valence-corrected chi connectivity index (χ2v) is 4.97. The number of aromatic amines is 1. The van der Waals surface area contributed by atoms with Crippen LogP contribution in [0.1, 0.15) is 41.6 Å². The van der Waals surface area contributed by atoms with Crippen molar-refractivity contribution >= 4 is 34.1 Å². The lowest BCUT2D eigenvalue weighted by atomic mass is 10.2. The predicted octanol–water partition coefficient (Wildman–Crippen LogP) is 3.63. The maximum Gasteiger partial charge on any atom is 0.256 e. The first-order chi connectivity index (χ1) is 11.5. The number of nitrogens with zero attached hydrogens (tertiary/aromatic N) is 1. The van der Waals surface area contributed by atoms with Gasteiger partial charge in [-0.3, -0.25) is 9.59 Å². The van der Waals surface area contributed by atoms with Gasteiger partial charge in [0.25, 0.3) is 5.91 Å². The Balaban J connectivity index is 0.00000100. The maximum absolute atomic E-state index is 12.1. The zero-order chi connectivity index (χ0) is 17.7. The summed E-state index contributed by atoms with van der Waals surface area (Å²) in [5.74, 6) is 0.0984. The number of nitrogens with two attached hydrogens (primary N) is 1. The zero-order valence-electron chi connectivity index (χ0n) is 13.9. The molecule has 0 atom stereocenters. The zero-order valence-corrected chi connectivity index (χ0v) is 13.9. The molecule has 6 heteroatoms. The van der Waals surface area contributed by atoms with E-state index in [9.17, 15) is 9.59 Å². The number of fused-ring (bicyclic) bond motifs is 1. The van der Waals surface area contributed by atoms with Crippen molar-refractivity contribution < 1.29 is 9.59 Å². The largest absolute Gasteiger partial charge is 0.399 e. The van der Waals surface area contributed by atoms with Crippen molar-refractivity contribution in [3.63, 3.8) is 0 Å². The molecular weight excluding hydrogens is 304 g/mol. The Morgan fingerprint density at radius 3 is 2.42 bits per heavy atom. The van der Waals surface area contributed by atoms with Crippen LogP contribution in [0.2, 0.25) is 0 Å². The number of hydrogen-bond donors (Lipinski definition) is 3. The van der Waals surface area contributed by atoms with Gasteiger partial charge in [0, 0.05) is 23.6 Å². The summed E-state index contributed by atoms with van der Waals surface area (Å²) >= 11 is 0. The number of rotatable bonds is 3. The first-order valence-electron chi connectivity index (χ1n) is 7.69. The van der Waals surface area contributed by atoms with E-state index < -0.39 is 0 Å². The number of anilines is 2. The Kier molecular flexibility index (Phi) is 5.31. The quantitative estimate of drug-likeness (QED) is 0.506. The molecular formula is C18H20N4O2. The Morgan fingerprint density at radius 1 is 1.12 bits per heavy atom. The van der Waals surface area contributed by atoms with Gasteiger partial charge in [-0.2, -0.15) is 0 Å². The molecule has 0 saturated heterocycles. The van der Waals surface area contributed by atoms with Crippen LogP contribution in [0.25, 0.3) is 10.9 Å². The van der Waals surface area contributed by atoms with E-state index in [1.54, 1.807) is 42.6 Å². The van der Waals surface area contributed by atoms with Crippen LogP contribution >= 0.6 is 0 Å². The minimum absolute atomic E-state index is 0.0522. The maximum atomic E-state index is 12.1. The van der Waals surface area contributed by atoms with Crippen molar-refractivity contribution in [1.82, 2.24) is 9.97 Å². The molecule has 0 aliphatic heterocycles. The highest BCUT2D eigenvalue weighted by molar-refractivity contribution is 6.05. The normalized spacial score (nSPS) is 9.96. The predicted molar refractivity (Wildman–Crippen MR) is 96.3 cm³/mol. The Hall–Kier alpha value is -3.15. The highest BCUT2D eigenvalue weighted by atomic mass is 16.1. The summed E-state index contributed by atoms with van der Waals surface area (Å²) < 4.78 is 0. The summed E-state index contributed by atoms with van der Waals surface area (Å²) in [4.78, 5) is 30.6. The third-order valence-corrected chi connectivity index (χ3v) is 3.30. The molecule has 0 aliphatic carbocycles. The van der Waals surface area contributed by atoms with Crippen LogP contribution < -0.4 is 11.1 Å². The second-order valence-electron chi connectivity index (χ2n) is 4.97. The number of carbonyl (C=O) groups excluding carboxylic acids is 2. The minimum atomic E-state index is -0.269. The monoisotopic (exact) mass is 324 g/mol. The van der Waals surface area contributed by atoms with Crippen molar-refractivity contribution in [3.8, 4) is 0 Å². The van der Waals surface area contributed by atoms with E-state index >= 15 is 0 Å². The molecule has 6 nitrogen and oxygen atoms in total. The molecule has 0 bridgehead atoms. The third kappa shape index (κ3) is 3.78. The van der Waals surface area contributed by atoms with Gasteiger partial charge in [-0.15, -0.1) is 0 Å². The van der Waals surface area contributed by atoms with Crippen LogP contribution in [-0.4, -0.2) is 21.7 Å². The molecule has 1 aromatic carbocycles. The number of ketones is 1. The van der Waals surface area contributed by atoms with Crippen molar-refractivity contribution in [3.05, 3.63) is 53.9 Å². The summed E-state index contributed by atoms with van der Waals surface area (Å²) in [7, 11) is 0. The van der Waals surface area contributed by atoms with Crippen LogP contribution in [0.4, 0.5) is 11.5 Å². The molecule has 2 heterocycles. The number of benzene rings is 1. The van der Waals surface area contributed by atoms with Gasteiger partial charge < -0.3 is 16.0 Å². The number of Topliss-reactive ketones (excluding diaryl/α,β-unsaturated/α-hetero) is 1. The molecule has 0 spiro atoms. The van der Waals surface area contributed by atoms with Gasteiger partial charge in [-0.1, -0.05) is 13.8 Å². The summed E-state index contributed by atoms with van der Waals surface area (Å²) in [6, 6.07) is 10.1. The molecule has 0 fully saturated rings. The molecule has 0 saturated carbocycles. The minimum Gasteiger partial charge on any atom is -0.399 e. The average molecular weight is 324 g/mol. The van der Waals surface area contributed by atoms with Gasteiger partial charge in [0.15, 0.2) is 5.78 Å². The van der Waals surface area contributed by atoms with Gasteiger partial charge in [-0.05, 0) is 36.4 Å². The summed E-state index contributed by atoms with van der Waals surface area (Å²) in [5.41, 5.74) is 7.94. The Bertz CT molecular complexity index is 866. The van der Waals surface area contributed by atoms with Gasteiger partial charge >= 0.3 is 0 Å². The third-order valence-electron chi connectivity index (χ3n) is 3.30. The summed E-state index contributed by atoms with van der Waals surface area (Å²) in [6.45, 7) is 5.49. The fourth-order valence-electron chi connectivity index (χ4n) is 2.11. The van der Waals surface area contributed by atoms with E-state index in [0.29, 0.717) is 22.8 Å². The fraction of sp³-hybridized carbons (Fsp3) is 0.167. The molecule has 0 unspecified atom stereocenters. The lowest BCUT2D eigenvalue weighted by Crippen LogP contribution is -2.12. The molecule has 24 heavy (non-hydrogen) atoms. The molecule has 3 rings (SSSR count). The first-order valence-corrected chi connectivity index (χ1v) is 7.69. The van der Waals surface area contributed by atoms with Crippen LogP contribution in [0.5, 0.6) is 0 Å².